The van der Waals surface area contributed by atoms with Crippen molar-refractivity contribution in [3.63, 3.8) is 0 Å². The van der Waals surface area contributed by atoms with Crippen LogP contribution in [0.15, 0.2) is 30.0 Å². The number of hydrogen-bond donors (Lipinski definition) is 1. The first-order chi connectivity index (χ1) is 9.27. The normalized spacial score (nSPS) is 23.1. The Bertz CT molecular complexity index is 547. The summed E-state index contributed by atoms with van der Waals surface area (Å²) >= 11 is 6.10. The van der Waals surface area contributed by atoms with Crippen LogP contribution in [-0.2, 0) is 12.5 Å². The number of anilines is 1. The van der Waals surface area contributed by atoms with E-state index in [1.54, 1.807) is 11.1 Å². The minimum atomic E-state index is -0.659. The SMILES string of the molecule is C=CCC(C)(C)c1cc(N2C=C(Cl)C(C)C2O)nn1C. The molecule has 110 valence electrons. The van der Waals surface area contributed by atoms with E-state index in [-0.39, 0.29) is 11.3 Å². The molecule has 5 heteroatoms. The molecule has 2 unspecified atom stereocenters. The van der Waals surface area contributed by atoms with Crippen LogP contribution in [0, 0.1) is 5.92 Å². The van der Waals surface area contributed by atoms with Gasteiger partial charge in [0.25, 0.3) is 0 Å². The van der Waals surface area contributed by atoms with Crippen molar-refractivity contribution in [3.8, 4) is 0 Å². The molecule has 0 bridgehead atoms. The summed E-state index contributed by atoms with van der Waals surface area (Å²) in [4.78, 5) is 1.72. The maximum atomic E-state index is 10.2. The fourth-order valence-corrected chi connectivity index (χ4v) is 2.81. The van der Waals surface area contributed by atoms with E-state index in [0.717, 1.165) is 17.9 Å². The van der Waals surface area contributed by atoms with Gasteiger partial charge in [-0.3, -0.25) is 4.68 Å². The Labute approximate surface area is 125 Å². The van der Waals surface area contributed by atoms with Gasteiger partial charge in [0.1, 0.15) is 6.23 Å². The molecule has 0 radical (unpaired) electrons. The van der Waals surface area contributed by atoms with E-state index < -0.39 is 6.23 Å². The van der Waals surface area contributed by atoms with E-state index in [1.165, 1.54) is 0 Å². The molecular weight excluding hydrogens is 274 g/mol. The van der Waals surface area contributed by atoms with Gasteiger partial charge in [-0.25, -0.2) is 0 Å². The molecule has 0 spiro atoms. The molecule has 0 saturated carbocycles. The predicted octanol–water partition coefficient (Wildman–Crippen LogP) is 3.13. The molecule has 4 nitrogen and oxygen atoms in total. The Balaban J connectivity index is 2.35. The van der Waals surface area contributed by atoms with Gasteiger partial charge in [0.05, 0.1) is 0 Å². The lowest BCUT2D eigenvalue weighted by Crippen LogP contribution is -2.30. The zero-order chi connectivity index (χ0) is 15.1. The van der Waals surface area contributed by atoms with Gasteiger partial charge < -0.3 is 10.0 Å². The molecule has 20 heavy (non-hydrogen) atoms. The highest BCUT2D eigenvalue weighted by atomic mass is 35.5. The van der Waals surface area contributed by atoms with Gasteiger partial charge in [-0.15, -0.1) is 6.58 Å². The number of aryl methyl sites for hydroxylation is 1. The summed E-state index contributed by atoms with van der Waals surface area (Å²) in [7, 11) is 1.92. The molecule has 2 rings (SSSR count). The highest BCUT2D eigenvalue weighted by Gasteiger charge is 2.33. The smallest absolute Gasteiger partial charge is 0.157 e. The van der Waals surface area contributed by atoms with Crippen LogP contribution in [0.5, 0.6) is 0 Å². The van der Waals surface area contributed by atoms with Crippen molar-refractivity contribution in [1.29, 1.82) is 0 Å². The Morgan fingerprint density at radius 3 is 2.70 bits per heavy atom. The summed E-state index contributed by atoms with van der Waals surface area (Å²) in [6.07, 6.45) is 3.87. The number of aromatic nitrogens is 2. The number of halogens is 1. The molecule has 1 aromatic rings. The largest absolute Gasteiger partial charge is 0.373 e. The van der Waals surface area contributed by atoms with Crippen molar-refractivity contribution in [2.45, 2.75) is 38.8 Å². The van der Waals surface area contributed by atoms with Gasteiger partial charge in [0.2, 0.25) is 0 Å². The summed E-state index contributed by atoms with van der Waals surface area (Å²) in [6.45, 7) is 10.0. The van der Waals surface area contributed by atoms with Gasteiger partial charge in [-0.05, 0) is 6.42 Å². The molecule has 0 saturated heterocycles. The third kappa shape index (κ3) is 2.50. The van der Waals surface area contributed by atoms with Crippen LogP contribution in [0.2, 0.25) is 0 Å². The van der Waals surface area contributed by atoms with Crippen molar-refractivity contribution in [3.05, 3.63) is 35.6 Å². The number of nitrogens with zero attached hydrogens (tertiary/aromatic N) is 3. The minimum Gasteiger partial charge on any atom is -0.373 e. The summed E-state index contributed by atoms with van der Waals surface area (Å²) in [5.41, 5.74) is 1.05. The quantitative estimate of drug-likeness (QED) is 0.868. The number of rotatable bonds is 4. The third-order valence-corrected chi connectivity index (χ3v) is 4.35. The Kier molecular flexibility index (Phi) is 3.98. The van der Waals surface area contributed by atoms with Crippen LogP contribution in [0.3, 0.4) is 0 Å². The van der Waals surface area contributed by atoms with Crippen LogP contribution >= 0.6 is 11.6 Å². The monoisotopic (exact) mass is 295 g/mol. The second-order valence-corrected chi connectivity index (χ2v) is 6.45. The molecule has 0 aliphatic carbocycles. The third-order valence-electron chi connectivity index (χ3n) is 3.91. The van der Waals surface area contributed by atoms with E-state index in [4.69, 9.17) is 11.6 Å². The van der Waals surface area contributed by atoms with Gasteiger partial charge >= 0.3 is 0 Å². The molecule has 1 aliphatic heterocycles. The van der Waals surface area contributed by atoms with Crippen molar-refractivity contribution >= 4 is 17.4 Å². The molecular formula is C15H22ClN3O. The predicted molar refractivity (Wildman–Crippen MR) is 82.6 cm³/mol. The zero-order valence-corrected chi connectivity index (χ0v) is 13.2. The molecule has 2 atom stereocenters. The van der Waals surface area contributed by atoms with E-state index in [1.807, 2.05) is 30.8 Å². The lowest BCUT2D eigenvalue weighted by molar-refractivity contribution is 0.150. The average molecular weight is 296 g/mol. The van der Waals surface area contributed by atoms with Crippen LogP contribution in [0.4, 0.5) is 5.82 Å². The van der Waals surface area contributed by atoms with Gasteiger partial charge in [0, 0.05) is 41.4 Å². The minimum absolute atomic E-state index is 0.0500. The first-order valence-corrected chi connectivity index (χ1v) is 7.15. The number of hydrogen-bond acceptors (Lipinski definition) is 3. The maximum Gasteiger partial charge on any atom is 0.157 e. The maximum absolute atomic E-state index is 10.2. The number of aliphatic hydroxyl groups is 1. The number of allylic oxidation sites excluding steroid dienone is 1. The van der Waals surface area contributed by atoms with Gasteiger partial charge in [0.15, 0.2) is 5.82 Å². The fraction of sp³-hybridized carbons (Fsp3) is 0.533. The Hall–Kier alpha value is -1.26. The molecule has 0 aromatic carbocycles. The van der Waals surface area contributed by atoms with Crippen molar-refractivity contribution in [2.24, 2.45) is 13.0 Å². The molecule has 0 fully saturated rings. The lowest BCUT2D eigenvalue weighted by Gasteiger charge is -2.23. The van der Waals surface area contributed by atoms with Crippen LogP contribution in [0.1, 0.15) is 32.9 Å². The second-order valence-electron chi connectivity index (χ2n) is 6.01. The Morgan fingerprint density at radius 1 is 1.55 bits per heavy atom. The topological polar surface area (TPSA) is 41.3 Å². The van der Waals surface area contributed by atoms with Crippen LogP contribution in [-0.4, -0.2) is 21.1 Å². The van der Waals surface area contributed by atoms with Crippen LogP contribution < -0.4 is 4.90 Å². The average Bonchev–Trinajstić information content (AvgIpc) is 2.86. The van der Waals surface area contributed by atoms with E-state index in [2.05, 4.69) is 25.5 Å². The van der Waals surface area contributed by atoms with Gasteiger partial charge in [-0.1, -0.05) is 38.4 Å². The molecule has 0 amide bonds. The zero-order valence-electron chi connectivity index (χ0n) is 12.5. The summed E-state index contributed by atoms with van der Waals surface area (Å²) < 4.78 is 1.86. The first kappa shape index (κ1) is 15.1. The standard InChI is InChI=1S/C15H22ClN3O/c1-6-7-15(3,4)12-8-13(17-18(12)5)19-9-11(16)10(2)14(19)20/h6,8-10,14,20H,1,7H2,2-5H3. The van der Waals surface area contributed by atoms with Crippen molar-refractivity contribution in [2.75, 3.05) is 4.90 Å². The van der Waals surface area contributed by atoms with E-state index in [9.17, 15) is 5.11 Å². The second kappa shape index (κ2) is 5.26. The summed E-state index contributed by atoms with van der Waals surface area (Å²) in [6, 6.07) is 2.01. The van der Waals surface area contributed by atoms with E-state index in [0.29, 0.717) is 5.03 Å². The van der Waals surface area contributed by atoms with Crippen LogP contribution in [0.25, 0.3) is 0 Å². The fourth-order valence-electron chi connectivity index (χ4n) is 2.59. The van der Waals surface area contributed by atoms with Gasteiger partial charge in [-0.2, -0.15) is 5.10 Å². The summed E-state index contributed by atoms with van der Waals surface area (Å²) in [5.74, 6) is 0.623. The molecule has 2 heterocycles. The van der Waals surface area contributed by atoms with Crippen molar-refractivity contribution < 1.29 is 5.11 Å². The highest BCUT2D eigenvalue weighted by molar-refractivity contribution is 6.30. The molecule has 1 aromatic heterocycles. The lowest BCUT2D eigenvalue weighted by atomic mass is 9.85. The van der Waals surface area contributed by atoms with E-state index >= 15 is 0 Å². The van der Waals surface area contributed by atoms with Crippen molar-refractivity contribution in [1.82, 2.24) is 9.78 Å². The molecule has 1 aliphatic rings. The number of aliphatic hydroxyl groups excluding tert-OH is 1. The highest BCUT2D eigenvalue weighted by Crippen LogP contribution is 2.35. The first-order valence-electron chi connectivity index (χ1n) is 6.77. The summed E-state index contributed by atoms with van der Waals surface area (Å²) in [5, 5.41) is 15.4. The molecule has 1 N–H and O–H groups in total. The Morgan fingerprint density at radius 2 is 2.20 bits per heavy atom.